The van der Waals surface area contributed by atoms with Crippen molar-refractivity contribution in [2.24, 2.45) is 0 Å². The zero-order chi connectivity index (χ0) is 4.24. The van der Waals surface area contributed by atoms with Crippen LogP contribution in [0.3, 0.4) is 0 Å². The molecule has 0 aromatic carbocycles. The molecule has 0 nitrogen and oxygen atoms in total. The van der Waals surface area contributed by atoms with Crippen LogP contribution in [0.2, 0.25) is 0 Å². The smallest absolute Gasteiger partial charge is 0.0184 e. The van der Waals surface area contributed by atoms with Gasteiger partial charge in [0, 0.05) is 5.75 Å². The molecule has 0 aromatic heterocycles. The van der Waals surface area contributed by atoms with Crippen molar-refractivity contribution in [3.63, 3.8) is 0 Å². The second kappa shape index (κ2) is 2.30. The maximum Gasteiger partial charge on any atom is 0.0184 e. The van der Waals surface area contributed by atoms with Crippen LogP contribution in [-0.4, -0.2) is 11.5 Å². The van der Waals surface area contributed by atoms with Crippen LogP contribution in [0, 0.1) is 6.08 Å². The Kier molecular flexibility index (Phi) is 1.63. The molecule has 0 atom stereocenters. The summed E-state index contributed by atoms with van der Waals surface area (Å²) in [6.07, 6.45) is 6.47. The lowest BCUT2D eigenvalue weighted by molar-refractivity contribution is 1.21. The van der Waals surface area contributed by atoms with Crippen LogP contribution in [0.4, 0.5) is 0 Å². The summed E-state index contributed by atoms with van der Waals surface area (Å²) in [6, 6.07) is 0. The third-order valence-corrected chi connectivity index (χ3v) is 1.63. The Morgan fingerprint density at radius 1 is 1.67 bits per heavy atom. The Balaban J connectivity index is 2.26. The highest BCUT2D eigenvalue weighted by molar-refractivity contribution is 7.99. The number of allylic oxidation sites excluding steroid dienone is 1. The molecule has 1 heterocycles. The van der Waals surface area contributed by atoms with Crippen molar-refractivity contribution in [1.29, 1.82) is 0 Å². The van der Waals surface area contributed by atoms with Gasteiger partial charge < -0.3 is 0 Å². The molecule has 1 rings (SSSR count). The van der Waals surface area contributed by atoms with Crippen LogP contribution in [-0.2, 0) is 0 Å². The highest BCUT2D eigenvalue weighted by Crippen LogP contribution is 2.07. The fourth-order valence-corrected chi connectivity index (χ4v) is 1.10. The molecule has 0 amide bonds. The molecule has 0 N–H and O–H groups in total. The van der Waals surface area contributed by atoms with E-state index < -0.39 is 0 Å². The van der Waals surface area contributed by atoms with Crippen LogP contribution in [0.15, 0.2) is 6.08 Å². The van der Waals surface area contributed by atoms with Crippen molar-refractivity contribution in [2.45, 2.75) is 6.42 Å². The summed E-state index contributed by atoms with van der Waals surface area (Å²) in [5, 5.41) is 0. The molecule has 33 valence electrons. The van der Waals surface area contributed by atoms with E-state index in [1.165, 1.54) is 12.2 Å². The largest absolute Gasteiger partial charge is 0.157 e. The van der Waals surface area contributed by atoms with Crippen molar-refractivity contribution < 1.29 is 0 Å². The molecule has 0 fully saturated rings. The van der Waals surface area contributed by atoms with Crippen molar-refractivity contribution in [3.8, 4) is 0 Å². The number of hydrogen-bond donors (Lipinski definition) is 0. The average molecular weight is 99.2 g/mol. The second-order valence-corrected chi connectivity index (χ2v) is 2.35. The Morgan fingerprint density at radius 3 is 2.83 bits per heavy atom. The van der Waals surface area contributed by atoms with E-state index >= 15 is 0 Å². The van der Waals surface area contributed by atoms with Gasteiger partial charge in [-0.1, -0.05) is 6.08 Å². The van der Waals surface area contributed by atoms with E-state index in [0.29, 0.717) is 0 Å². The first kappa shape index (κ1) is 4.25. The van der Waals surface area contributed by atoms with Gasteiger partial charge in [0.2, 0.25) is 0 Å². The Labute approximate surface area is 42.6 Å². The monoisotopic (exact) mass is 99.0 g/mol. The fraction of sp³-hybridized carbons (Fsp3) is 0.600. The average Bonchev–Trinajstić information content (AvgIpc) is 1.72. The lowest BCUT2D eigenvalue weighted by atomic mass is 10.4. The normalized spacial score (nSPS) is 21.3. The summed E-state index contributed by atoms with van der Waals surface area (Å²) in [5.74, 6) is 2.41. The molecule has 0 saturated carbocycles. The minimum absolute atomic E-state index is 1.11. The van der Waals surface area contributed by atoms with Crippen LogP contribution in [0.25, 0.3) is 0 Å². The number of thioether (sulfide) groups is 1. The van der Waals surface area contributed by atoms with Crippen LogP contribution in [0.1, 0.15) is 6.42 Å². The SMILES string of the molecule is [C]1=CCCSC1. The Hall–Kier alpha value is 0.0900. The van der Waals surface area contributed by atoms with E-state index in [2.05, 4.69) is 12.2 Å². The number of hydrogen-bond acceptors (Lipinski definition) is 1. The van der Waals surface area contributed by atoms with Gasteiger partial charge in [-0.05, 0) is 18.2 Å². The first-order valence-electron chi connectivity index (χ1n) is 2.13. The van der Waals surface area contributed by atoms with E-state index in [1.54, 1.807) is 0 Å². The zero-order valence-electron chi connectivity index (χ0n) is 3.61. The minimum Gasteiger partial charge on any atom is -0.157 e. The van der Waals surface area contributed by atoms with Crippen LogP contribution < -0.4 is 0 Å². The second-order valence-electron chi connectivity index (χ2n) is 1.25. The van der Waals surface area contributed by atoms with Gasteiger partial charge in [-0.15, -0.1) is 0 Å². The summed E-state index contributed by atoms with van der Waals surface area (Å²) in [4.78, 5) is 0. The molecule has 0 bridgehead atoms. The molecule has 0 aliphatic carbocycles. The third-order valence-electron chi connectivity index (χ3n) is 0.736. The van der Waals surface area contributed by atoms with E-state index in [0.717, 1.165) is 5.75 Å². The Bertz CT molecular complexity index is 49.0. The molecule has 0 spiro atoms. The van der Waals surface area contributed by atoms with Crippen LogP contribution in [0.5, 0.6) is 0 Å². The Morgan fingerprint density at radius 2 is 2.67 bits per heavy atom. The van der Waals surface area contributed by atoms with Crippen molar-refractivity contribution in [1.82, 2.24) is 0 Å². The van der Waals surface area contributed by atoms with E-state index in [9.17, 15) is 0 Å². The predicted molar refractivity (Wildman–Crippen MR) is 29.8 cm³/mol. The number of rotatable bonds is 0. The summed E-state index contributed by atoms with van der Waals surface area (Å²) in [7, 11) is 0. The highest BCUT2D eigenvalue weighted by Gasteiger charge is 1.87. The van der Waals surface area contributed by atoms with E-state index in [4.69, 9.17) is 0 Å². The molecular weight excluding hydrogens is 92.1 g/mol. The van der Waals surface area contributed by atoms with Gasteiger partial charge in [0.25, 0.3) is 0 Å². The molecule has 0 aromatic rings. The minimum atomic E-state index is 1.11. The summed E-state index contributed by atoms with van der Waals surface area (Å²) >= 11 is 1.95. The van der Waals surface area contributed by atoms with Gasteiger partial charge >= 0.3 is 0 Å². The molecule has 6 heavy (non-hydrogen) atoms. The highest BCUT2D eigenvalue weighted by atomic mass is 32.2. The lowest BCUT2D eigenvalue weighted by Crippen LogP contribution is -1.83. The standard InChI is InChI=1S/C5H7S/c1-2-4-6-5-3-1/h1H,2,4-5H2. The molecular formula is C5H7S. The van der Waals surface area contributed by atoms with Crippen molar-refractivity contribution >= 4 is 11.8 Å². The van der Waals surface area contributed by atoms with Crippen molar-refractivity contribution in [3.05, 3.63) is 12.2 Å². The van der Waals surface area contributed by atoms with Crippen molar-refractivity contribution in [2.75, 3.05) is 11.5 Å². The van der Waals surface area contributed by atoms with Gasteiger partial charge in [-0.3, -0.25) is 0 Å². The summed E-state index contributed by atoms with van der Waals surface area (Å²) in [6.45, 7) is 0. The maximum atomic E-state index is 3.12. The van der Waals surface area contributed by atoms with Gasteiger partial charge in [0.1, 0.15) is 0 Å². The molecule has 0 unspecified atom stereocenters. The van der Waals surface area contributed by atoms with E-state index in [-0.39, 0.29) is 0 Å². The maximum absolute atomic E-state index is 3.12. The zero-order valence-corrected chi connectivity index (χ0v) is 4.42. The quantitative estimate of drug-likeness (QED) is 0.443. The topological polar surface area (TPSA) is 0 Å². The van der Waals surface area contributed by atoms with Gasteiger partial charge in [0.15, 0.2) is 0 Å². The molecule has 1 heteroatoms. The third kappa shape index (κ3) is 1.05. The first-order chi connectivity index (χ1) is 3.00. The first-order valence-corrected chi connectivity index (χ1v) is 3.28. The summed E-state index contributed by atoms with van der Waals surface area (Å²) in [5.41, 5.74) is 0. The molecule has 1 aliphatic rings. The summed E-state index contributed by atoms with van der Waals surface area (Å²) < 4.78 is 0. The molecule has 1 radical (unpaired) electrons. The molecule has 1 aliphatic heterocycles. The van der Waals surface area contributed by atoms with Gasteiger partial charge in [-0.25, -0.2) is 0 Å². The fourth-order valence-electron chi connectivity index (χ4n) is 0.434. The van der Waals surface area contributed by atoms with Gasteiger partial charge in [-0.2, -0.15) is 11.8 Å². The molecule has 0 saturated heterocycles. The van der Waals surface area contributed by atoms with Gasteiger partial charge in [0.05, 0.1) is 0 Å². The lowest BCUT2D eigenvalue weighted by Gasteiger charge is -1.97. The predicted octanol–water partition coefficient (Wildman–Crippen LogP) is 1.48. The van der Waals surface area contributed by atoms with Crippen LogP contribution >= 0.6 is 11.8 Å². The van der Waals surface area contributed by atoms with E-state index in [1.807, 2.05) is 11.8 Å².